The Morgan fingerprint density at radius 3 is 2.59 bits per heavy atom. The molecule has 0 aromatic rings. The van der Waals surface area contributed by atoms with Crippen LogP contribution in [0.2, 0.25) is 0 Å². The van der Waals surface area contributed by atoms with Crippen LogP contribution in [0.25, 0.3) is 0 Å². The molecular weight excluding hydrogens is 282 g/mol. The van der Waals surface area contributed by atoms with Gasteiger partial charge in [0.2, 0.25) is 0 Å². The van der Waals surface area contributed by atoms with Gasteiger partial charge in [0.05, 0.1) is 0 Å². The van der Waals surface area contributed by atoms with E-state index in [1.165, 1.54) is 25.7 Å². The summed E-state index contributed by atoms with van der Waals surface area (Å²) in [5.74, 6) is 0.538. The molecule has 6 nitrogen and oxygen atoms in total. The summed E-state index contributed by atoms with van der Waals surface area (Å²) in [7, 11) is 1.70. The second-order valence-corrected chi connectivity index (χ2v) is 7.19. The van der Waals surface area contributed by atoms with Crippen molar-refractivity contribution in [1.29, 1.82) is 0 Å². The molecule has 0 aromatic carbocycles. The van der Waals surface area contributed by atoms with Crippen LogP contribution in [0.4, 0.5) is 0 Å². The molecule has 6 unspecified atom stereocenters. The second kappa shape index (κ2) is 6.83. The molecule has 2 aliphatic heterocycles. The van der Waals surface area contributed by atoms with E-state index in [0.717, 1.165) is 19.4 Å². The molecule has 0 spiro atoms. The third-order valence-corrected chi connectivity index (χ3v) is 5.69. The lowest BCUT2D eigenvalue weighted by atomic mass is 9.73. The predicted octanol–water partition coefficient (Wildman–Crippen LogP) is 1.18. The Bertz CT molecular complexity index is 406. The highest BCUT2D eigenvalue weighted by molar-refractivity contribution is 5.73. The molecular formula is C16H29N3O3. The summed E-state index contributed by atoms with van der Waals surface area (Å²) in [6.07, 6.45) is 6.54. The molecule has 1 aliphatic carbocycles. The molecule has 0 bridgehead atoms. The maximum Gasteiger partial charge on any atom is 0.321 e. The minimum atomic E-state index is -0.695. The highest BCUT2D eigenvalue weighted by Crippen LogP contribution is 2.39. The fraction of sp³-hybridized carbons (Fsp3) is 0.938. The zero-order valence-electron chi connectivity index (χ0n) is 13.6. The third-order valence-electron chi connectivity index (χ3n) is 5.69. The average Bonchev–Trinajstić information content (AvgIpc) is 2.52. The van der Waals surface area contributed by atoms with Gasteiger partial charge in [-0.05, 0) is 31.6 Å². The Morgan fingerprint density at radius 1 is 1.18 bits per heavy atom. The van der Waals surface area contributed by atoms with Crippen molar-refractivity contribution in [3.8, 4) is 0 Å². The Hall–Kier alpha value is -0.690. The highest BCUT2D eigenvalue weighted by Gasteiger charge is 2.44. The quantitative estimate of drug-likeness (QED) is 0.727. The van der Waals surface area contributed by atoms with Crippen LogP contribution in [0.5, 0.6) is 0 Å². The Balaban J connectivity index is 1.75. The van der Waals surface area contributed by atoms with Gasteiger partial charge in [0.15, 0.2) is 0 Å². The van der Waals surface area contributed by atoms with E-state index in [1.807, 2.05) is 0 Å². The van der Waals surface area contributed by atoms with Crippen molar-refractivity contribution in [3.63, 3.8) is 0 Å². The topological polar surface area (TPSA) is 73.8 Å². The molecule has 2 saturated heterocycles. The number of likely N-dealkylation sites (tertiary alicyclic amines) is 1. The fourth-order valence-electron chi connectivity index (χ4n) is 4.49. The summed E-state index contributed by atoms with van der Waals surface area (Å²) in [5, 5.41) is 16.6. The molecule has 0 amide bonds. The van der Waals surface area contributed by atoms with E-state index in [2.05, 4.69) is 22.5 Å². The second-order valence-electron chi connectivity index (χ2n) is 7.19. The zero-order valence-corrected chi connectivity index (χ0v) is 13.6. The maximum atomic E-state index is 11.8. The summed E-state index contributed by atoms with van der Waals surface area (Å²) in [6, 6.07) is -0.0816. The largest absolute Gasteiger partial charge is 0.480 e. The summed E-state index contributed by atoms with van der Waals surface area (Å²) in [6.45, 7) is 3.00. The number of carboxylic acids is 1. The molecule has 3 aliphatic rings. The first kappa shape index (κ1) is 16.2. The number of rotatable bonds is 3. The van der Waals surface area contributed by atoms with Gasteiger partial charge in [0.1, 0.15) is 18.6 Å². The minimum absolute atomic E-state index is 0.0141. The Labute approximate surface area is 132 Å². The van der Waals surface area contributed by atoms with E-state index in [4.69, 9.17) is 4.74 Å². The van der Waals surface area contributed by atoms with Crippen LogP contribution in [0.1, 0.15) is 45.4 Å². The minimum Gasteiger partial charge on any atom is -0.480 e. The van der Waals surface area contributed by atoms with E-state index in [1.54, 1.807) is 7.11 Å². The molecule has 0 aromatic heterocycles. The van der Waals surface area contributed by atoms with Gasteiger partial charge in [0.25, 0.3) is 0 Å². The third kappa shape index (κ3) is 3.30. The number of carbonyl (C=O) groups is 1. The van der Waals surface area contributed by atoms with Gasteiger partial charge in [-0.15, -0.1) is 0 Å². The number of fused-ring (bicyclic) bond motifs is 1. The molecule has 2 heterocycles. The van der Waals surface area contributed by atoms with Crippen LogP contribution in [0, 0.1) is 11.8 Å². The van der Waals surface area contributed by atoms with Gasteiger partial charge >= 0.3 is 5.97 Å². The normalized spacial score (nSPS) is 43.5. The van der Waals surface area contributed by atoms with Crippen molar-refractivity contribution in [2.45, 2.75) is 70.0 Å². The van der Waals surface area contributed by atoms with Crippen molar-refractivity contribution in [2.75, 3.05) is 13.7 Å². The van der Waals surface area contributed by atoms with Crippen molar-refractivity contribution < 1.29 is 14.6 Å². The number of hydrogen-bond acceptors (Lipinski definition) is 5. The maximum absolute atomic E-state index is 11.8. The average molecular weight is 311 g/mol. The summed E-state index contributed by atoms with van der Waals surface area (Å²) in [5.41, 5.74) is 0. The molecule has 0 radical (unpaired) electrons. The smallest absolute Gasteiger partial charge is 0.321 e. The molecule has 3 fully saturated rings. The van der Waals surface area contributed by atoms with Crippen LogP contribution < -0.4 is 10.6 Å². The van der Waals surface area contributed by atoms with E-state index >= 15 is 0 Å². The van der Waals surface area contributed by atoms with E-state index < -0.39 is 12.0 Å². The standard InChI is InChI=1S/C16H29N3O3/c1-10-7-14(22-2)18-16(17-10)19-9-12-6-4-3-5-11(12)8-13(19)15(20)21/h10-14,16-18H,3-9H2,1-2H3,(H,20,21). The zero-order chi connectivity index (χ0) is 15.7. The predicted molar refractivity (Wildman–Crippen MR) is 83.1 cm³/mol. The van der Waals surface area contributed by atoms with Gasteiger partial charge in [0, 0.05) is 26.1 Å². The van der Waals surface area contributed by atoms with Crippen molar-refractivity contribution >= 4 is 5.97 Å². The number of nitrogens with one attached hydrogen (secondary N) is 2. The van der Waals surface area contributed by atoms with Crippen LogP contribution in [-0.2, 0) is 9.53 Å². The molecule has 3 rings (SSSR count). The van der Waals surface area contributed by atoms with E-state index in [-0.39, 0.29) is 12.5 Å². The van der Waals surface area contributed by atoms with Gasteiger partial charge in [-0.25, -0.2) is 0 Å². The molecule has 1 saturated carbocycles. The van der Waals surface area contributed by atoms with Crippen LogP contribution in [0.15, 0.2) is 0 Å². The summed E-state index contributed by atoms with van der Waals surface area (Å²) < 4.78 is 5.46. The van der Waals surface area contributed by atoms with Crippen molar-refractivity contribution in [2.24, 2.45) is 11.8 Å². The number of aliphatic carboxylic acids is 1. The number of ether oxygens (including phenoxy) is 1. The SMILES string of the molecule is COC1CC(C)NC(N2CC3CCCCC3CC2C(=O)O)N1. The summed E-state index contributed by atoms with van der Waals surface area (Å²) >= 11 is 0. The van der Waals surface area contributed by atoms with Crippen molar-refractivity contribution in [1.82, 2.24) is 15.5 Å². The molecule has 126 valence electrons. The first-order valence-corrected chi connectivity index (χ1v) is 8.62. The first-order chi connectivity index (χ1) is 10.6. The fourth-order valence-corrected chi connectivity index (χ4v) is 4.49. The lowest BCUT2D eigenvalue weighted by Gasteiger charge is -2.50. The molecule has 22 heavy (non-hydrogen) atoms. The van der Waals surface area contributed by atoms with E-state index in [9.17, 15) is 9.90 Å². The van der Waals surface area contributed by atoms with Gasteiger partial charge < -0.3 is 9.84 Å². The number of methoxy groups -OCH3 is 1. The van der Waals surface area contributed by atoms with Crippen LogP contribution in [0.3, 0.4) is 0 Å². The lowest BCUT2D eigenvalue weighted by molar-refractivity contribution is -0.152. The number of carboxylic acid groups (broad SMARTS) is 1. The Morgan fingerprint density at radius 2 is 1.91 bits per heavy atom. The number of piperidine rings is 1. The van der Waals surface area contributed by atoms with Gasteiger partial charge in [-0.1, -0.05) is 19.3 Å². The molecule has 6 heteroatoms. The molecule has 6 atom stereocenters. The number of hydrogen-bond donors (Lipinski definition) is 3. The molecule has 3 N–H and O–H groups in total. The van der Waals surface area contributed by atoms with Gasteiger partial charge in [-0.3, -0.25) is 20.3 Å². The van der Waals surface area contributed by atoms with Crippen molar-refractivity contribution in [3.05, 3.63) is 0 Å². The monoisotopic (exact) mass is 311 g/mol. The Kier molecular flexibility index (Phi) is 5.02. The van der Waals surface area contributed by atoms with E-state index in [0.29, 0.717) is 17.9 Å². The van der Waals surface area contributed by atoms with Gasteiger partial charge in [-0.2, -0.15) is 0 Å². The van der Waals surface area contributed by atoms with Crippen LogP contribution >= 0.6 is 0 Å². The highest BCUT2D eigenvalue weighted by atomic mass is 16.5. The van der Waals surface area contributed by atoms with Crippen LogP contribution in [-0.4, -0.2) is 54.2 Å². The summed E-state index contributed by atoms with van der Waals surface area (Å²) in [4.78, 5) is 13.9. The first-order valence-electron chi connectivity index (χ1n) is 8.62. The number of nitrogens with zero attached hydrogens (tertiary/aromatic N) is 1. The lowest BCUT2D eigenvalue weighted by Crippen LogP contribution is -2.69.